The summed E-state index contributed by atoms with van der Waals surface area (Å²) in [6, 6.07) is 10.5. The highest BCUT2D eigenvalue weighted by Gasteiger charge is 2.20. The predicted molar refractivity (Wildman–Crippen MR) is 94.6 cm³/mol. The Kier molecular flexibility index (Phi) is 5.30. The Hall–Kier alpha value is -3.49. The van der Waals surface area contributed by atoms with E-state index in [0.29, 0.717) is 30.6 Å². The van der Waals surface area contributed by atoms with Crippen molar-refractivity contribution < 1.29 is 18.5 Å². The first-order chi connectivity index (χ1) is 12.9. The second-order valence-corrected chi connectivity index (χ2v) is 6.01. The van der Waals surface area contributed by atoms with Gasteiger partial charge in [0.25, 0.3) is 5.91 Å². The van der Waals surface area contributed by atoms with E-state index >= 15 is 0 Å². The second-order valence-electron chi connectivity index (χ2n) is 6.01. The fourth-order valence-electron chi connectivity index (χ4n) is 2.62. The number of benzene rings is 1. The molecular formula is C18H17FN4O4. The maximum Gasteiger partial charge on any atom is 0.433 e. The Balaban J connectivity index is 1.53. The van der Waals surface area contributed by atoms with Gasteiger partial charge in [0.15, 0.2) is 5.76 Å². The number of aryl methyl sites for hydroxylation is 1. The molecule has 1 aromatic carbocycles. The van der Waals surface area contributed by atoms with Crippen LogP contribution in [0.15, 0.2) is 46.9 Å². The molecular weight excluding hydrogens is 355 g/mol. The van der Waals surface area contributed by atoms with E-state index in [1.54, 1.807) is 19.2 Å². The molecule has 8 nitrogen and oxygen atoms in total. The summed E-state index contributed by atoms with van der Waals surface area (Å²) in [5.74, 6) is -1.28. The van der Waals surface area contributed by atoms with Gasteiger partial charge in [0.05, 0.1) is 11.8 Å². The van der Waals surface area contributed by atoms with Crippen molar-refractivity contribution >= 4 is 11.8 Å². The fourth-order valence-corrected chi connectivity index (χ4v) is 2.62. The van der Waals surface area contributed by atoms with E-state index in [9.17, 15) is 19.3 Å². The predicted octanol–water partition coefficient (Wildman–Crippen LogP) is 3.42. The van der Waals surface area contributed by atoms with Gasteiger partial charge in [0.2, 0.25) is 0 Å². The Bertz CT molecular complexity index is 966. The molecule has 0 unspecified atom stereocenters. The third-order valence-electron chi connectivity index (χ3n) is 4.02. The van der Waals surface area contributed by atoms with Crippen molar-refractivity contribution in [1.29, 1.82) is 0 Å². The Morgan fingerprint density at radius 2 is 2.15 bits per heavy atom. The lowest BCUT2D eigenvalue weighted by Crippen LogP contribution is -2.27. The molecule has 0 aliphatic carbocycles. The lowest BCUT2D eigenvalue weighted by molar-refractivity contribution is -0.402. The molecule has 0 saturated carbocycles. The molecule has 3 aromatic rings. The molecule has 0 bridgehead atoms. The number of hydrogen-bond donors (Lipinski definition) is 1. The quantitative estimate of drug-likeness (QED) is 0.505. The molecule has 0 spiro atoms. The molecule has 0 radical (unpaired) electrons. The van der Waals surface area contributed by atoms with Gasteiger partial charge in [-0.05, 0) is 37.1 Å². The Labute approximate surface area is 153 Å². The Morgan fingerprint density at radius 3 is 2.85 bits per heavy atom. The average Bonchev–Trinajstić information content (AvgIpc) is 3.31. The molecule has 0 atom stereocenters. The normalized spacial score (nSPS) is 10.7. The molecule has 0 saturated heterocycles. The van der Waals surface area contributed by atoms with Crippen molar-refractivity contribution in [1.82, 2.24) is 15.1 Å². The molecule has 9 heteroatoms. The maximum absolute atomic E-state index is 13.3. The van der Waals surface area contributed by atoms with Crippen LogP contribution in [-0.4, -0.2) is 39.5 Å². The van der Waals surface area contributed by atoms with Crippen LogP contribution >= 0.6 is 0 Å². The number of halogens is 1. The minimum atomic E-state index is -0.689. The smallest absolute Gasteiger partial charge is 0.395 e. The van der Waals surface area contributed by atoms with Crippen LogP contribution < -0.4 is 0 Å². The molecule has 1 amide bonds. The number of carbonyl (C=O) groups excluding carboxylic acids is 1. The number of furan rings is 1. The summed E-state index contributed by atoms with van der Waals surface area (Å²) in [4.78, 5) is 23.6. The first-order valence-electron chi connectivity index (χ1n) is 8.24. The minimum absolute atomic E-state index is 0.0702. The monoisotopic (exact) mass is 372 g/mol. The first kappa shape index (κ1) is 18.3. The number of amides is 1. The average molecular weight is 372 g/mol. The van der Waals surface area contributed by atoms with Gasteiger partial charge in [0.1, 0.15) is 10.7 Å². The highest BCUT2D eigenvalue weighted by molar-refractivity contribution is 5.91. The van der Waals surface area contributed by atoms with Crippen LogP contribution in [0.4, 0.5) is 10.3 Å². The molecule has 0 fully saturated rings. The number of H-pyrrole nitrogens is 1. The zero-order valence-corrected chi connectivity index (χ0v) is 14.5. The van der Waals surface area contributed by atoms with E-state index in [4.69, 9.17) is 4.42 Å². The highest BCUT2D eigenvalue weighted by Crippen LogP contribution is 2.20. The summed E-state index contributed by atoms with van der Waals surface area (Å²) in [7, 11) is 1.60. The summed E-state index contributed by atoms with van der Waals surface area (Å²) >= 11 is 0. The molecule has 2 heterocycles. The number of nitrogens with one attached hydrogen (secondary N) is 1. The van der Waals surface area contributed by atoms with Gasteiger partial charge >= 0.3 is 5.88 Å². The van der Waals surface area contributed by atoms with Crippen molar-refractivity contribution in [3.63, 3.8) is 0 Å². The van der Waals surface area contributed by atoms with Crippen LogP contribution in [0, 0.1) is 15.9 Å². The summed E-state index contributed by atoms with van der Waals surface area (Å²) in [6.45, 7) is 0.432. The summed E-state index contributed by atoms with van der Waals surface area (Å²) in [6.07, 6.45) is 1.29. The number of rotatable bonds is 7. The topological polar surface area (TPSA) is 105 Å². The molecule has 2 aromatic heterocycles. The number of aromatic nitrogens is 2. The number of hydrogen-bond acceptors (Lipinski definition) is 5. The van der Waals surface area contributed by atoms with Crippen molar-refractivity contribution in [2.24, 2.45) is 0 Å². The maximum atomic E-state index is 13.3. The summed E-state index contributed by atoms with van der Waals surface area (Å²) in [5, 5.41) is 17.7. The van der Waals surface area contributed by atoms with Gasteiger partial charge in [-0.2, -0.15) is 5.10 Å². The van der Waals surface area contributed by atoms with Gasteiger partial charge < -0.3 is 9.32 Å². The van der Waals surface area contributed by atoms with Crippen LogP contribution in [0.1, 0.15) is 22.7 Å². The third kappa shape index (κ3) is 4.38. The lowest BCUT2D eigenvalue weighted by Gasteiger charge is -2.14. The van der Waals surface area contributed by atoms with Crippen LogP contribution in [0.25, 0.3) is 11.3 Å². The zero-order chi connectivity index (χ0) is 19.4. The van der Waals surface area contributed by atoms with E-state index in [1.165, 1.54) is 23.1 Å². The van der Waals surface area contributed by atoms with Gasteiger partial charge in [-0.15, -0.1) is 0 Å². The van der Waals surface area contributed by atoms with Crippen LogP contribution in [0.5, 0.6) is 0 Å². The van der Waals surface area contributed by atoms with E-state index < -0.39 is 16.7 Å². The van der Waals surface area contributed by atoms with Crippen LogP contribution in [0.3, 0.4) is 0 Å². The van der Waals surface area contributed by atoms with E-state index in [-0.39, 0.29) is 11.6 Å². The van der Waals surface area contributed by atoms with E-state index in [2.05, 4.69) is 10.2 Å². The SMILES string of the molecule is CN(CCCc1cc(-c2cccc(F)c2)n[nH]1)C(=O)c1ccc([N+](=O)[O-])o1. The van der Waals surface area contributed by atoms with Crippen LogP contribution in [0.2, 0.25) is 0 Å². The molecule has 0 aliphatic rings. The molecule has 27 heavy (non-hydrogen) atoms. The van der Waals surface area contributed by atoms with Crippen molar-refractivity contribution in [2.45, 2.75) is 12.8 Å². The van der Waals surface area contributed by atoms with Gasteiger partial charge in [-0.3, -0.25) is 20.0 Å². The minimum Gasteiger partial charge on any atom is -0.395 e. The van der Waals surface area contributed by atoms with Crippen molar-refractivity contribution in [2.75, 3.05) is 13.6 Å². The zero-order valence-electron chi connectivity index (χ0n) is 14.5. The number of aromatic amines is 1. The molecule has 0 aliphatic heterocycles. The summed E-state index contributed by atoms with van der Waals surface area (Å²) < 4.78 is 18.2. The third-order valence-corrected chi connectivity index (χ3v) is 4.02. The molecule has 1 N–H and O–H groups in total. The lowest BCUT2D eigenvalue weighted by atomic mass is 10.1. The molecule has 3 rings (SSSR count). The Morgan fingerprint density at radius 1 is 1.33 bits per heavy atom. The highest BCUT2D eigenvalue weighted by atomic mass is 19.1. The van der Waals surface area contributed by atoms with Crippen molar-refractivity contribution in [3.8, 4) is 11.3 Å². The van der Waals surface area contributed by atoms with Crippen LogP contribution in [-0.2, 0) is 6.42 Å². The first-order valence-corrected chi connectivity index (χ1v) is 8.24. The van der Waals surface area contributed by atoms with Crippen molar-refractivity contribution in [3.05, 3.63) is 69.9 Å². The number of nitro groups is 1. The largest absolute Gasteiger partial charge is 0.433 e. The summed E-state index contributed by atoms with van der Waals surface area (Å²) in [5.41, 5.74) is 2.20. The van der Waals surface area contributed by atoms with E-state index in [0.717, 1.165) is 11.8 Å². The standard InChI is InChI=1S/C18H17FN4O4/c1-22(18(24)16-7-8-17(27-16)23(25)26)9-3-6-14-11-15(21-20-14)12-4-2-5-13(19)10-12/h2,4-5,7-8,10-11H,3,6,9H2,1H3,(H,20,21). The van der Waals surface area contributed by atoms with Gasteiger partial charge in [0, 0.05) is 24.8 Å². The van der Waals surface area contributed by atoms with Gasteiger partial charge in [-0.1, -0.05) is 12.1 Å². The fraction of sp³-hybridized carbons (Fsp3) is 0.222. The van der Waals surface area contributed by atoms with Gasteiger partial charge in [-0.25, -0.2) is 4.39 Å². The number of carbonyl (C=O) groups is 1. The number of nitrogens with zero attached hydrogens (tertiary/aromatic N) is 3. The second kappa shape index (κ2) is 7.81. The van der Waals surface area contributed by atoms with E-state index in [1.807, 2.05) is 6.07 Å². The molecule has 140 valence electrons.